The van der Waals surface area contributed by atoms with Crippen LogP contribution in [0.4, 0.5) is 5.95 Å². The zero-order valence-corrected chi connectivity index (χ0v) is 15.9. The average Bonchev–Trinajstić information content (AvgIpc) is 3.31. The Morgan fingerprint density at radius 1 is 1.29 bits per heavy atom. The highest BCUT2D eigenvalue weighted by Crippen LogP contribution is 2.21. The Bertz CT molecular complexity index is 1040. The number of carbonyl (C=O) groups excluding carboxylic acids is 1. The number of rotatable bonds is 5. The summed E-state index contributed by atoms with van der Waals surface area (Å²) in [6.45, 7) is 1.93. The maximum atomic E-state index is 12.3. The lowest BCUT2D eigenvalue weighted by atomic mass is 9.91. The minimum atomic E-state index is -0.208. The first-order valence-electron chi connectivity index (χ1n) is 9.47. The largest absolute Gasteiger partial charge is 0.448 e. The van der Waals surface area contributed by atoms with E-state index in [4.69, 9.17) is 4.42 Å². The Morgan fingerprint density at radius 3 is 2.75 bits per heavy atom. The molecule has 1 amide bonds. The van der Waals surface area contributed by atoms with Crippen molar-refractivity contribution in [3.63, 3.8) is 0 Å². The van der Waals surface area contributed by atoms with Crippen molar-refractivity contribution in [2.45, 2.75) is 51.1 Å². The van der Waals surface area contributed by atoms with Gasteiger partial charge < -0.3 is 15.1 Å². The van der Waals surface area contributed by atoms with E-state index in [-0.39, 0.29) is 23.6 Å². The fourth-order valence-electron chi connectivity index (χ4n) is 3.51. The van der Waals surface area contributed by atoms with Crippen molar-refractivity contribution >= 4 is 22.9 Å². The predicted molar refractivity (Wildman–Crippen MR) is 102 cm³/mol. The molecule has 28 heavy (non-hydrogen) atoms. The number of hydrogen-bond donors (Lipinski definition) is 3. The number of amides is 1. The molecule has 0 aliphatic heterocycles. The van der Waals surface area contributed by atoms with Gasteiger partial charge in [-0.1, -0.05) is 6.92 Å². The van der Waals surface area contributed by atoms with Gasteiger partial charge in [0.15, 0.2) is 17.2 Å². The van der Waals surface area contributed by atoms with Crippen LogP contribution in [0.25, 0.3) is 11.0 Å². The summed E-state index contributed by atoms with van der Waals surface area (Å²) in [5.74, 6) is 0.806. The quantitative estimate of drug-likeness (QED) is 0.604. The van der Waals surface area contributed by atoms with Crippen LogP contribution in [0.15, 0.2) is 21.7 Å². The maximum Gasteiger partial charge on any atom is 0.273 e. The summed E-state index contributed by atoms with van der Waals surface area (Å²) in [4.78, 5) is 35.8. The summed E-state index contributed by atoms with van der Waals surface area (Å²) < 4.78 is 6.81. The zero-order valence-electron chi connectivity index (χ0n) is 15.9. The number of nitrogens with zero attached hydrogens (tertiary/aromatic N) is 4. The molecule has 148 valence electrons. The number of aromatic amines is 1. The van der Waals surface area contributed by atoms with Gasteiger partial charge in [0.1, 0.15) is 11.6 Å². The third kappa shape index (κ3) is 3.62. The van der Waals surface area contributed by atoms with Crippen LogP contribution in [0.5, 0.6) is 0 Å². The van der Waals surface area contributed by atoms with Crippen LogP contribution >= 0.6 is 0 Å². The highest BCUT2D eigenvalue weighted by molar-refractivity contribution is 5.92. The normalized spacial score (nSPS) is 19.6. The molecule has 0 radical (unpaired) electrons. The van der Waals surface area contributed by atoms with Crippen LogP contribution in [0.3, 0.4) is 0 Å². The smallest absolute Gasteiger partial charge is 0.273 e. The number of anilines is 1. The number of aryl methyl sites for hydroxylation is 2. The number of oxazole rings is 1. The summed E-state index contributed by atoms with van der Waals surface area (Å²) in [7, 11) is 1.75. The van der Waals surface area contributed by atoms with E-state index in [0.717, 1.165) is 25.7 Å². The highest BCUT2D eigenvalue weighted by Gasteiger charge is 2.24. The summed E-state index contributed by atoms with van der Waals surface area (Å²) in [6, 6.07) is 0.277. The fraction of sp³-hybridized carbons (Fsp3) is 0.500. The second-order valence-corrected chi connectivity index (χ2v) is 7.07. The lowest BCUT2D eigenvalue weighted by molar-refractivity contribution is 0.0921. The second kappa shape index (κ2) is 7.45. The first kappa shape index (κ1) is 18.2. The predicted octanol–water partition coefficient (Wildman–Crippen LogP) is 1.36. The number of carbonyl (C=O) groups is 1. The second-order valence-electron chi connectivity index (χ2n) is 7.07. The minimum Gasteiger partial charge on any atom is -0.448 e. The number of aromatic nitrogens is 5. The minimum absolute atomic E-state index is 0.0962. The number of fused-ring (bicyclic) bond motifs is 1. The van der Waals surface area contributed by atoms with E-state index in [2.05, 4.69) is 30.7 Å². The molecule has 10 heteroatoms. The van der Waals surface area contributed by atoms with Gasteiger partial charge in [-0.3, -0.25) is 19.3 Å². The molecule has 4 rings (SSSR count). The molecule has 1 aliphatic carbocycles. The summed E-state index contributed by atoms with van der Waals surface area (Å²) in [5.41, 5.74) is 0.662. The standard InChI is InChI=1S/C18H23N7O3/c1-3-14-22-13(9-28-14)17(27)20-10-4-6-11(7-5-10)21-18-23-15-12(16(26)24-18)8-19-25(15)2/h8-11H,3-7H2,1-2H3,(H,20,27)(H2,21,23,24,26). The van der Waals surface area contributed by atoms with E-state index in [9.17, 15) is 9.59 Å². The van der Waals surface area contributed by atoms with Gasteiger partial charge in [-0.15, -0.1) is 0 Å². The lowest BCUT2D eigenvalue weighted by Gasteiger charge is -2.29. The van der Waals surface area contributed by atoms with E-state index in [1.807, 2.05) is 6.92 Å². The first-order chi connectivity index (χ1) is 13.5. The molecule has 3 aromatic rings. The molecule has 10 nitrogen and oxygen atoms in total. The van der Waals surface area contributed by atoms with E-state index in [1.165, 1.54) is 12.5 Å². The Labute approximate surface area is 160 Å². The van der Waals surface area contributed by atoms with Crippen molar-refractivity contribution in [3.05, 3.63) is 34.4 Å². The Kier molecular flexibility index (Phi) is 4.84. The van der Waals surface area contributed by atoms with Crippen LogP contribution < -0.4 is 16.2 Å². The van der Waals surface area contributed by atoms with Crippen LogP contribution in [-0.4, -0.2) is 42.7 Å². The molecule has 1 fully saturated rings. The van der Waals surface area contributed by atoms with Gasteiger partial charge >= 0.3 is 0 Å². The number of nitrogens with one attached hydrogen (secondary N) is 3. The third-order valence-electron chi connectivity index (χ3n) is 5.09. The van der Waals surface area contributed by atoms with Crippen LogP contribution in [-0.2, 0) is 13.5 Å². The molecule has 1 aliphatic rings. The first-order valence-corrected chi connectivity index (χ1v) is 9.47. The molecular weight excluding hydrogens is 362 g/mol. The molecule has 3 aromatic heterocycles. The van der Waals surface area contributed by atoms with Crippen molar-refractivity contribution < 1.29 is 9.21 Å². The SMILES string of the molecule is CCc1nc(C(=O)NC2CCC(Nc3nc4c(cnn4C)c(=O)[nH]3)CC2)co1. The van der Waals surface area contributed by atoms with E-state index in [0.29, 0.717) is 35.0 Å². The number of hydrogen-bond acceptors (Lipinski definition) is 7. The lowest BCUT2D eigenvalue weighted by Crippen LogP contribution is -2.40. The molecular formula is C18H23N7O3. The molecule has 0 saturated heterocycles. The fourth-order valence-corrected chi connectivity index (χ4v) is 3.51. The van der Waals surface area contributed by atoms with Crippen molar-refractivity contribution in [1.29, 1.82) is 0 Å². The van der Waals surface area contributed by atoms with Crippen molar-refractivity contribution in [2.24, 2.45) is 7.05 Å². The summed E-state index contributed by atoms with van der Waals surface area (Å²) in [5, 5.41) is 10.9. The molecule has 0 bridgehead atoms. The molecule has 0 aromatic carbocycles. The van der Waals surface area contributed by atoms with Crippen LogP contribution in [0.2, 0.25) is 0 Å². The Hall–Kier alpha value is -3.17. The van der Waals surface area contributed by atoms with Gasteiger partial charge in [0, 0.05) is 25.6 Å². The zero-order chi connectivity index (χ0) is 19.7. The van der Waals surface area contributed by atoms with Crippen LogP contribution in [0.1, 0.15) is 49.0 Å². The third-order valence-corrected chi connectivity index (χ3v) is 5.09. The summed E-state index contributed by atoms with van der Waals surface area (Å²) in [6.07, 6.45) is 6.95. The van der Waals surface area contributed by atoms with Gasteiger partial charge in [-0.05, 0) is 25.7 Å². The maximum absolute atomic E-state index is 12.3. The van der Waals surface area contributed by atoms with Crippen molar-refractivity contribution in [1.82, 2.24) is 30.0 Å². The van der Waals surface area contributed by atoms with Gasteiger partial charge in [0.2, 0.25) is 5.95 Å². The van der Waals surface area contributed by atoms with Crippen molar-refractivity contribution in [3.8, 4) is 0 Å². The topological polar surface area (TPSA) is 131 Å². The molecule has 3 N–H and O–H groups in total. The van der Waals surface area contributed by atoms with Gasteiger partial charge in [-0.2, -0.15) is 10.1 Å². The summed E-state index contributed by atoms with van der Waals surface area (Å²) >= 11 is 0. The molecule has 3 heterocycles. The molecule has 0 spiro atoms. The van der Waals surface area contributed by atoms with Gasteiger partial charge in [0.25, 0.3) is 11.5 Å². The molecule has 0 unspecified atom stereocenters. The molecule has 1 saturated carbocycles. The van der Waals surface area contributed by atoms with E-state index >= 15 is 0 Å². The van der Waals surface area contributed by atoms with Crippen molar-refractivity contribution in [2.75, 3.05) is 5.32 Å². The van der Waals surface area contributed by atoms with Gasteiger partial charge in [-0.25, -0.2) is 4.98 Å². The highest BCUT2D eigenvalue weighted by atomic mass is 16.3. The van der Waals surface area contributed by atoms with Gasteiger partial charge in [0.05, 0.1) is 6.20 Å². The monoisotopic (exact) mass is 385 g/mol. The van der Waals surface area contributed by atoms with E-state index < -0.39 is 0 Å². The Morgan fingerprint density at radius 2 is 2.04 bits per heavy atom. The number of H-pyrrole nitrogens is 1. The van der Waals surface area contributed by atoms with E-state index in [1.54, 1.807) is 11.7 Å². The molecule has 0 atom stereocenters. The Balaban J connectivity index is 1.33. The van der Waals surface area contributed by atoms with Crippen LogP contribution in [0, 0.1) is 0 Å². The average molecular weight is 385 g/mol.